The number of benzene rings is 2. The SMILES string of the molecule is O=C(N[C@@H]1CCN(C(=O)c2cc(Cl)c3nccnc3c2)C[C@@H]1c1ccccc1)c1cnc(-n2cccn2)cc1C(F)(F)F. The number of halogens is 4. The maximum absolute atomic E-state index is 14.1. The van der Waals surface area contributed by atoms with Gasteiger partial charge in [-0.25, -0.2) is 9.67 Å². The standard InChI is InChI=1S/C30H23ClF3N7O2/c31-23-13-19(14-25-27(23)36-10-9-35-25)29(43)40-12-7-24(21(17-40)18-5-2-1-3-6-18)39-28(42)20-16-37-26(41-11-4-8-38-41)15-22(20)30(32,33)34/h1-6,8-11,13-16,21,24H,7,12,17H2,(H,39,42)/t21-,24-/m1/s1. The molecule has 0 radical (unpaired) electrons. The van der Waals surface area contributed by atoms with Crippen LogP contribution in [0, 0.1) is 0 Å². The number of carbonyl (C=O) groups is 2. The summed E-state index contributed by atoms with van der Waals surface area (Å²) in [6, 6.07) is 14.2. The molecule has 218 valence electrons. The number of fused-ring (bicyclic) bond motifs is 1. The van der Waals surface area contributed by atoms with E-state index in [1.807, 2.05) is 30.3 Å². The molecule has 0 aliphatic carbocycles. The lowest BCUT2D eigenvalue weighted by Gasteiger charge is -2.39. The van der Waals surface area contributed by atoms with Crippen molar-refractivity contribution in [2.24, 2.45) is 0 Å². The van der Waals surface area contributed by atoms with Gasteiger partial charge in [0.2, 0.25) is 0 Å². The van der Waals surface area contributed by atoms with Crippen LogP contribution in [0.2, 0.25) is 5.02 Å². The molecule has 4 heterocycles. The minimum Gasteiger partial charge on any atom is -0.348 e. The molecule has 1 fully saturated rings. The van der Waals surface area contributed by atoms with Crippen molar-refractivity contribution in [3.8, 4) is 5.82 Å². The lowest BCUT2D eigenvalue weighted by atomic mass is 9.85. The van der Waals surface area contributed by atoms with Crippen molar-refractivity contribution in [2.75, 3.05) is 13.1 Å². The molecular formula is C30H23ClF3N7O2. The van der Waals surface area contributed by atoms with E-state index in [0.717, 1.165) is 17.8 Å². The predicted molar refractivity (Wildman–Crippen MR) is 152 cm³/mol. The minimum absolute atomic E-state index is 0.0670. The van der Waals surface area contributed by atoms with Crippen molar-refractivity contribution in [3.05, 3.63) is 113 Å². The van der Waals surface area contributed by atoms with Crippen molar-refractivity contribution in [1.82, 2.24) is 34.9 Å². The number of amides is 2. The summed E-state index contributed by atoms with van der Waals surface area (Å²) in [6.07, 6.45) is 2.31. The van der Waals surface area contributed by atoms with Crippen LogP contribution in [0.25, 0.3) is 16.9 Å². The molecule has 2 aromatic carbocycles. The van der Waals surface area contributed by atoms with Crippen LogP contribution in [0.1, 0.15) is 44.2 Å². The smallest absolute Gasteiger partial charge is 0.348 e. The summed E-state index contributed by atoms with van der Waals surface area (Å²) < 4.78 is 43.4. The van der Waals surface area contributed by atoms with Crippen molar-refractivity contribution >= 4 is 34.4 Å². The first kappa shape index (κ1) is 28.3. The molecule has 43 heavy (non-hydrogen) atoms. The van der Waals surface area contributed by atoms with Crippen LogP contribution in [-0.4, -0.2) is 60.6 Å². The molecular weight excluding hydrogens is 583 g/mol. The van der Waals surface area contributed by atoms with Crippen molar-refractivity contribution < 1.29 is 22.8 Å². The van der Waals surface area contributed by atoms with E-state index >= 15 is 0 Å². The second-order valence-electron chi connectivity index (χ2n) is 10.1. The first-order valence-corrected chi connectivity index (χ1v) is 13.7. The first-order chi connectivity index (χ1) is 20.7. The first-order valence-electron chi connectivity index (χ1n) is 13.3. The fraction of sp³-hybridized carbons (Fsp3) is 0.200. The quantitative estimate of drug-likeness (QED) is 0.291. The van der Waals surface area contributed by atoms with E-state index in [4.69, 9.17) is 11.6 Å². The molecule has 6 rings (SSSR count). The van der Waals surface area contributed by atoms with Crippen LogP contribution in [0.15, 0.2) is 85.6 Å². The second kappa shape index (κ2) is 11.4. The predicted octanol–water partition coefficient (Wildman–Crippen LogP) is 5.31. The summed E-state index contributed by atoms with van der Waals surface area (Å²) in [6.45, 7) is 0.471. The largest absolute Gasteiger partial charge is 0.417 e. The Morgan fingerprint density at radius 2 is 1.77 bits per heavy atom. The number of nitrogens with zero attached hydrogens (tertiary/aromatic N) is 6. The highest BCUT2D eigenvalue weighted by Gasteiger charge is 2.39. The molecule has 1 aliphatic heterocycles. The van der Waals surface area contributed by atoms with Crippen molar-refractivity contribution in [1.29, 1.82) is 0 Å². The van der Waals surface area contributed by atoms with E-state index in [0.29, 0.717) is 28.0 Å². The van der Waals surface area contributed by atoms with Crippen LogP contribution in [-0.2, 0) is 6.18 Å². The number of rotatable bonds is 5. The molecule has 2 atom stereocenters. The summed E-state index contributed by atoms with van der Waals surface area (Å²) in [4.78, 5) is 41.1. The number of hydrogen-bond acceptors (Lipinski definition) is 6. The van der Waals surface area contributed by atoms with E-state index in [1.54, 1.807) is 23.1 Å². The molecule has 13 heteroatoms. The summed E-state index contributed by atoms with van der Waals surface area (Å²) in [5.41, 5.74) is 0.412. The zero-order valence-electron chi connectivity index (χ0n) is 22.4. The number of aromatic nitrogens is 5. The highest BCUT2D eigenvalue weighted by molar-refractivity contribution is 6.35. The Balaban J connectivity index is 1.27. The molecule has 0 saturated carbocycles. The Hall–Kier alpha value is -4.84. The average Bonchev–Trinajstić information content (AvgIpc) is 3.56. The van der Waals surface area contributed by atoms with Gasteiger partial charge in [0.25, 0.3) is 11.8 Å². The van der Waals surface area contributed by atoms with Crippen LogP contribution in [0.5, 0.6) is 0 Å². The van der Waals surface area contributed by atoms with Crippen LogP contribution < -0.4 is 5.32 Å². The Morgan fingerprint density at radius 1 is 0.977 bits per heavy atom. The second-order valence-corrected chi connectivity index (χ2v) is 10.5. The molecule has 2 amide bonds. The summed E-state index contributed by atoms with van der Waals surface area (Å²) in [5, 5.41) is 7.02. The Kier molecular flexibility index (Phi) is 7.53. The topological polar surface area (TPSA) is 106 Å². The highest BCUT2D eigenvalue weighted by atomic mass is 35.5. The third-order valence-corrected chi connectivity index (χ3v) is 7.69. The Labute approximate surface area is 248 Å². The molecule has 0 spiro atoms. The zero-order chi connectivity index (χ0) is 30.1. The number of pyridine rings is 1. The highest BCUT2D eigenvalue weighted by Crippen LogP contribution is 2.34. The fourth-order valence-electron chi connectivity index (χ4n) is 5.32. The van der Waals surface area contributed by atoms with Gasteiger partial charge in [0.15, 0.2) is 5.82 Å². The number of hydrogen-bond donors (Lipinski definition) is 1. The van der Waals surface area contributed by atoms with Crippen molar-refractivity contribution in [2.45, 2.75) is 24.6 Å². The normalized spacial score (nSPS) is 17.2. The maximum Gasteiger partial charge on any atom is 0.417 e. The van der Waals surface area contributed by atoms with Gasteiger partial charge >= 0.3 is 6.18 Å². The number of nitrogens with one attached hydrogen (secondary N) is 1. The fourth-order valence-corrected chi connectivity index (χ4v) is 5.58. The summed E-state index contributed by atoms with van der Waals surface area (Å²) >= 11 is 6.38. The average molecular weight is 606 g/mol. The number of alkyl halides is 3. The Bertz CT molecular complexity index is 1800. The van der Waals surface area contributed by atoms with Crippen LogP contribution >= 0.6 is 11.6 Å². The summed E-state index contributed by atoms with van der Waals surface area (Å²) in [7, 11) is 0. The van der Waals surface area contributed by atoms with Crippen LogP contribution in [0.4, 0.5) is 13.2 Å². The Morgan fingerprint density at radius 3 is 2.51 bits per heavy atom. The van der Waals surface area contributed by atoms with E-state index in [1.165, 1.54) is 29.5 Å². The van der Waals surface area contributed by atoms with Gasteiger partial charge in [0.1, 0.15) is 5.52 Å². The lowest BCUT2D eigenvalue weighted by Crippen LogP contribution is -2.51. The molecule has 1 N–H and O–H groups in total. The minimum atomic E-state index is -4.81. The van der Waals surface area contributed by atoms with E-state index in [2.05, 4.69) is 25.4 Å². The van der Waals surface area contributed by atoms with Gasteiger partial charge in [-0.15, -0.1) is 0 Å². The lowest BCUT2D eigenvalue weighted by molar-refractivity contribution is -0.138. The van der Waals surface area contributed by atoms with E-state index < -0.39 is 35.2 Å². The van der Waals surface area contributed by atoms with Gasteiger partial charge < -0.3 is 10.2 Å². The molecule has 0 bridgehead atoms. The summed E-state index contributed by atoms with van der Waals surface area (Å²) in [5.74, 6) is -1.65. The number of likely N-dealkylation sites (tertiary alicyclic amines) is 1. The maximum atomic E-state index is 14.1. The third kappa shape index (κ3) is 5.78. The van der Waals surface area contributed by atoms with Crippen molar-refractivity contribution in [3.63, 3.8) is 0 Å². The number of piperidine rings is 1. The molecule has 5 aromatic rings. The van der Waals surface area contributed by atoms with Gasteiger partial charge in [-0.2, -0.15) is 18.3 Å². The van der Waals surface area contributed by atoms with Gasteiger partial charge in [-0.3, -0.25) is 19.6 Å². The number of carbonyl (C=O) groups excluding carboxylic acids is 2. The molecule has 1 aliphatic rings. The van der Waals surface area contributed by atoms with Gasteiger partial charge in [0.05, 0.1) is 21.7 Å². The third-order valence-electron chi connectivity index (χ3n) is 7.40. The van der Waals surface area contributed by atoms with E-state index in [9.17, 15) is 22.8 Å². The van der Waals surface area contributed by atoms with E-state index in [-0.39, 0.29) is 24.8 Å². The monoisotopic (exact) mass is 605 g/mol. The van der Waals surface area contributed by atoms with Crippen LogP contribution in [0.3, 0.4) is 0 Å². The zero-order valence-corrected chi connectivity index (χ0v) is 23.1. The molecule has 0 unspecified atom stereocenters. The molecule has 1 saturated heterocycles. The molecule has 3 aromatic heterocycles. The molecule has 9 nitrogen and oxygen atoms in total. The van der Waals surface area contributed by atoms with Gasteiger partial charge in [-0.05, 0) is 36.2 Å². The van der Waals surface area contributed by atoms with Gasteiger partial charge in [0, 0.05) is 61.6 Å². The van der Waals surface area contributed by atoms with Gasteiger partial charge in [-0.1, -0.05) is 41.9 Å².